The highest BCUT2D eigenvalue weighted by atomic mass is 19.3. The first-order valence-electron chi connectivity index (χ1n) is 11.0. The van der Waals surface area contributed by atoms with Crippen LogP contribution in [-0.4, -0.2) is 47.7 Å². The molecule has 3 heterocycles. The largest absolute Gasteiger partial charge is 0.471 e. The first-order chi connectivity index (χ1) is 16.7. The van der Waals surface area contributed by atoms with Crippen molar-refractivity contribution >= 4 is 16.9 Å². The molecule has 0 spiro atoms. The smallest absolute Gasteiger partial charge is 0.272 e. The van der Waals surface area contributed by atoms with Crippen molar-refractivity contribution in [2.75, 3.05) is 31.6 Å². The predicted octanol–water partition coefficient (Wildman–Crippen LogP) is 4.89. The Hall–Kier alpha value is -3.12. The highest BCUT2D eigenvalue weighted by molar-refractivity contribution is 5.88. The van der Waals surface area contributed by atoms with E-state index in [0.717, 1.165) is 6.07 Å². The average molecular weight is 497 g/mol. The lowest BCUT2D eigenvalue weighted by molar-refractivity contribution is 0.0233. The Morgan fingerprint density at radius 2 is 1.94 bits per heavy atom. The van der Waals surface area contributed by atoms with Crippen molar-refractivity contribution in [3.63, 3.8) is 0 Å². The molecule has 2 atom stereocenters. The Morgan fingerprint density at radius 3 is 2.63 bits per heavy atom. The van der Waals surface area contributed by atoms with Gasteiger partial charge in [0.15, 0.2) is 12.3 Å². The fraction of sp³-hybridized carbons (Fsp3) is 0.435. The van der Waals surface area contributed by atoms with Gasteiger partial charge >= 0.3 is 0 Å². The van der Waals surface area contributed by atoms with Crippen molar-refractivity contribution in [1.29, 1.82) is 0 Å². The topological polar surface area (TPSA) is 81.2 Å². The summed E-state index contributed by atoms with van der Waals surface area (Å²) in [6.07, 6.45) is -6.17. The van der Waals surface area contributed by atoms with Crippen molar-refractivity contribution < 1.29 is 31.4 Å². The molecule has 12 heteroatoms. The molecule has 188 valence electrons. The van der Waals surface area contributed by atoms with Crippen LogP contribution < -0.4 is 15.4 Å². The molecule has 1 saturated heterocycles. The molecule has 2 N–H and O–H groups in total. The third-order valence-corrected chi connectivity index (χ3v) is 5.53. The van der Waals surface area contributed by atoms with Gasteiger partial charge in [0.05, 0.1) is 23.6 Å². The molecular formula is C23H24F5N5O2. The van der Waals surface area contributed by atoms with Crippen LogP contribution >= 0.6 is 0 Å². The van der Waals surface area contributed by atoms with Gasteiger partial charge in [-0.3, -0.25) is 0 Å². The molecule has 4 rings (SSSR count). The molecule has 2 aromatic heterocycles. The lowest BCUT2D eigenvalue weighted by Gasteiger charge is -2.26. The van der Waals surface area contributed by atoms with Crippen LogP contribution in [0.1, 0.15) is 48.0 Å². The summed E-state index contributed by atoms with van der Waals surface area (Å²) in [4.78, 5) is 13.0. The number of fused-ring (bicyclic) bond motifs is 1. The maximum absolute atomic E-state index is 14.7. The van der Waals surface area contributed by atoms with E-state index in [0.29, 0.717) is 36.5 Å². The summed E-state index contributed by atoms with van der Waals surface area (Å²) in [5.74, 6) is -0.440. The van der Waals surface area contributed by atoms with E-state index in [4.69, 9.17) is 9.47 Å². The van der Waals surface area contributed by atoms with Gasteiger partial charge in [-0.2, -0.15) is 4.98 Å². The zero-order valence-electron chi connectivity index (χ0n) is 19.0. The van der Waals surface area contributed by atoms with Crippen molar-refractivity contribution in [3.05, 3.63) is 52.6 Å². The zero-order valence-corrected chi connectivity index (χ0v) is 19.0. The van der Waals surface area contributed by atoms with E-state index in [1.165, 1.54) is 12.1 Å². The van der Waals surface area contributed by atoms with Gasteiger partial charge in [0, 0.05) is 24.2 Å². The Kier molecular flexibility index (Phi) is 7.60. The Bertz CT molecular complexity index is 1190. The van der Waals surface area contributed by atoms with E-state index in [2.05, 4.69) is 25.6 Å². The normalized spacial score (nSPS) is 17.2. The van der Waals surface area contributed by atoms with Crippen molar-refractivity contribution in [3.8, 4) is 5.88 Å². The molecule has 1 unspecified atom stereocenters. The van der Waals surface area contributed by atoms with Gasteiger partial charge < -0.3 is 20.1 Å². The van der Waals surface area contributed by atoms with Gasteiger partial charge in [-0.1, -0.05) is 18.2 Å². The number of halogens is 5. The van der Waals surface area contributed by atoms with E-state index in [1.54, 1.807) is 19.9 Å². The SMILES string of the molecule is Cc1nc(NC(C)c2cccc(C(F)F)c2F)c2cc([C@@H]3CNCCO3)c(OCC(F)F)nc2n1. The fourth-order valence-electron chi connectivity index (χ4n) is 3.88. The summed E-state index contributed by atoms with van der Waals surface area (Å²) < 4.78 is 77.8. The minimum absolute atomic E-state index is 0.0284. The summed E-state index contributed by atoms with van der Waals surface area (Å²) in [5.41, 5.74) is -0.0473. The van der Waals surface area contributed by atoms with Crippen LogP contribution in [0, 0.1) is 12.7 Å². The summed E-state index contributed by atoms with van der Waals surface area (Å²) in [7, 11) is 0. The van der Waals surface area contributed by atoms with E-state index in [9.17, 15) is 22.0 Å². The van der Waals surface area contributed by atoms with Gasteiger partial charge in [-0.15, -0.1) is 0 Å². The monoisotopic (exact) mass is 497 g/mol. The van der Waals surface area contributed by atoms with E-state index >= 15 is 0 Å². The zero-order chi connectivity index (χ0) is 25.1. The second-order valence-corrected chi connectivity index (χ2v) is 8.06. The Balaban J connectivity index is 1.76. The lowest BCUT2D eigenvalue weighted by atomic mass is 10.0. The number of nitrogens with zero attached hydrogens (tertiary/aromatic N) is 3. The molecule has 3 aromatic rings. The van der Waals surface area contributed by atoms with E-state index < -0.39 is 43.0 Å². The number of aromatic nitrogens is 3. The molecule has 0 aliphatic carbocycles. The minimum Gasteiger partial charge on any atom is -0.471 e. The van der Waals surface area contributed by atoms with Gasteiger partial charge in [0.1, 0.15) is 23.6 Å². The summed E-state index contributed by atoms with van der Waals surface area (Å²) in [6.45, 7) is 3.83. The number of aryl methyl sites for hydroxylation is 1. The maximum atomic E-state index is 14.7. The molecule has 7 nitrogen and oxygen atoms in total. The van der Waals surface area contributed by atoms with Gasteiger partial charge in [0.2, 0.25) is 5.88 Å². The average Bonchev–Trinajstić information content (AvgIpc) is 2.82. The Morgan fingerprint density at radius 1 is 1.17 bits per heavy atom. The summed E-state index contributed by atoms with van der Waals surface area (Å²) in [6, 6.07) is 4.71. The molecule has 0 saturated carbocycles. The van der Waals surface area contributed by atoms with Crippen LogP contribution in [0.2, 0.25) is 0 Å². The van der Waals surface area contributed by atoms with Gasteiger partial charge in [-0.05, 0) is 19.9 Å². The van der Waals surface area contributed by atoms with Crippen LogP contribution in [0.15, 0.2) is 24.3 Å². The van der Waals surface area contributed by atoms with Crippen LogP contribution in [-0.2, 0) is 4.74 Å². The minimum atomic E-state index is -2.95. The number of hydrogen-bond acceptors (Lipinski definition) is 7. The first kappa shape index (κ1) is 25.0. The maximum Gasteiger partial charge on any atom is 0.272 e. The van der Waals surface area contributed by atoms with Crippen LogP contribution in [0.5, 0.6) is 5.88 Å². The standard InChI is InChI=1S/C23H24F5N5O2/c1-11(13-4-3-5-14(19(13)26)20(27)28)30-21-16-8-15(17-9-29-6-7-34-17)23(35-10-18(24)25)33-22(16)32-12(2)31-21/h3-5,8,11,17-18,20,29H,6-7,9-10H2,1-2H3,(H,30,31,32,33)/t11?,17-/m0/s1. The molecule has 0 amide bonds. The molecule has 0 bridgehead atoms. The lowest BCUT2D eigenvalue weighted by Crippen LogP contribution is -2.33. The highest BCUT2D eigenvalue weighted by Crippen LogP contribution is 2.34. The number of pyridine rings is 1. The van der Waals surface area contributed by atoms with Gasteiger partial charge in [0.25, 0.3) is 12.9 Å². The number of hydrogen-bond donors (Lipinski definition) is 2. The van der Waals surface area contributed by atoms with Crippen LogP contribution in [0.4, 0.5) is 27.8 Å². The highest BCUT2D eigenvalue weighted by Gasteiger charge is 2.25. The molecule has 1 aliphatic heterocycles. The number of alkyl halides is 4. The van der Waals surface area contributed by atoms with Crippen molar-refractivity contribution in [2.45, 2.75) is 38.8 Å². The molecular weight excluding hydrogens is 473 g/mol. The summed E-state index contributed by atoms with van der Waals surface area (Å²) >= 11 is 0. The summed E-state index contributed by atoms with van der Waals surface area (Å²) in [5, 5.41) is 6.64. The predicted molar refractivity (Wildman–Crippen MR) is 119 cm³/mol. The first-order valence-corrected chi connectivity index (χ1v) is 11.0. The van der Waals surface area contributed by atoms with Crippen LogP contribution in [0.3, 0.4) is 0 Å². The molecule has 0 radical (unpaired) electrons. The fourth-order valence-corrected chi connectivity index (χ4v) is 3.88. The van der Waals surface area contributed by atoms with Gasteiger partial charge in [-0.25, -0.2) is 31.9 Å². The Labute approximate surface area is 198 Å². The number of benzene rings is 1. The number of ether oxygens (including phenoxy) is 2. The van der Waals surface area contributed by atoms with E-state index in [1.807, 2.05) is 0 Å². The molecule has 1 fully saturated rings. The van der Waals surface area contributed by atoms with Crippen molar-refractivity contribution in [2.24, 2.45) is 0 Å². The third-order valence-electron chi connectivity index (χ3n) is 5.53. The van der Waals surface area contributed by atoms with E-state index in [-0.39, 0.29) is 22.9 Å². The van der Waals surface area contributed by atoms with Crippen molar-refractivity contribution in [1.82, 2.24) is 20.3 Å². The second kappa shape index (κ2) is 10.6. The number of anilines is 1. The second-order valence-electron chi connectivity index (χ2n) is 8.06. The number of morpholine rings is 1. The third kappa shape index (κ3) is 5.59. The number of nitrogens with one attached hydrogen (secondary N) is 2. The molecule has 1 aromatic carbocycles. The molecule has 1 aliphatic rings. The van der Waals surface area contributed by atoms with Crippen LogP contribution in [0.25, 0.3) is 11.0 Å². The number of rotatable bonds is 8. The quantitative estimate of drug-likeness (QED) is 0.429. The molecule has 35 heavy (non-hydrogen) atoms.